The van der Waals surface area contributed by atoms with Gasteiger partial charge in [-0.15, -0.1) is 0 Å². The van der Waals surface area contributed by atoms with E-state index in [0.29, 0.717) is 0 Å². The molecule has 0 amide bonds. The van der Waals surface area contributed by atoms with E-state index in [1.807, 2.05) is 0 Å². The number of hydrogen-bond donors (Lipinski definition) is 0. The topological polar surface area (TPSA) is 0 Å². The maximum absolute atomic E-state index is 7.87. The molecule has 1 fully saturated rings. The van der Waals surface area contributed by atoms with Gasteiger partial charge in [0.1, 0.15) is 0 Å². The van der Waals surface area contributed by atoms with Crippen LogP contribution >= 0.6 is 7.26 Å². The molecule has 1 rings (SSSR count). The molecule has 1 aliphatic heterocycles. The Hall–Kier alpha value is 1.53. The van der Waals surface area contributed by atoms with Gasteiger partial charge < -0.3 is 0 Å². The van der Waals surface area contributed by atoms with Crippen molar-refractivity contribution in [1.82, 2.24) is 0 Å². The zero-order valence-corrected chi connectivity index (χ0v) is 11.6. The van der Waals surface area contributed by atoms with Crippen molar-refractivity contribution in [2.45, 2.75) is 33.1 Å². The van der Waals surface area contributed by atoms with Crippen LogP contribution in [0.3, 0.4) is 0 Å². The minimum atomic E-state index is -0.776. The molecule has 63 valence electrons. The van der Waals surface area contributed by atoms with E-state index in [4.69, 9.17) is 1.37 Å². The summed E-state index contributed by atoms with van der Waals surface area (Å²) in [6.45, 7) is 4.41. The summed E-state index contributed by atoms with van der Waals surface area (Å²) in [5.74, 6) is 0. The maximum atomic E-state index is 7.87. The van der Waals surface area contributed by atoms with Crippen molar-refractivity contribution in [3.8, 4) is 0 Å². The Morgan fingerprint density at radius 1 is 1.18 bits per heavy atom. The molecule has 0 N–H and O–H groups in total. The predicted octanol–water partition coefficient (Wildman–Crippen LogP) is 3.23. The second kappa shape index (κ2) is 6.06. The van der Waals surface area contributed by atoms with Gasteiger partial charge in [-0.3, -0.25) is 0 Å². The third-order valence-electron chi connectivity index (χ3n) is 2.88. The molecule has 1 radical (unpaired) electrons. The first-order valence-electron chi connectivity index (χ1n) is 5.07. The van der Waals surface area contributed by atoms with Crippen LogP contribution in [-0.4, -0.2) is 24.6 Å². The van der Waals surface area contributed by atoms with Crippen LogP contribution in [0.15, 0.2) is 0 Å². The fourth-order valence-electron chi connectivity index (χ4n) is 1.90. The molecule has 1 unspecified atom stereocenters. The monoisotopic (exact) mass is 249 g/mol. The zero-order valence-electron chi connectivity index (χ0n) is 8.84. The summed E-state index contributed by atoms with van der Waals surface area (Å²) in [4.78, 5) is 0. The predicted molar refractivity (Wildman–Crippen MR) is 51.6 cm³/mol. The van der Waals surface area contributed by atoms with Gasteiger partial charge in [0.05, 0.1) is 26.0 Å². The molecule has 0 nitrogen and oxygen atoms in total. The van der Waals surface area contributed by atoms with Crippen LogP contribution in [-0.2, 0) is 32.7 Å². The Bertz CT molecular complexity index is 122. The van der Waals surface area contributed by atoms with Crippen LogP contribution in [0.4, 0.5) is 0 Å². The van der Waals surface area contributed by atoms with Crippen LogP contribution in [0.25, 0.3) is 0 Å². The van der Waals surface area contributed by atoms with E-state index in [-0.39, 0.29) is 38.8 Å². The van der Waals surface area contributed by atoms with Crippen molar-refractivity contribution in [3.63, 3.8) is 0 Å². The van der Waals surface area contributed by atoms with Crippen LogP contribution in [0.5, 0.6) is 0 Å². The molecular weight excluding hydrogens is 228 g/mol. The van der Waals surface area contributed by atoms with Crippen molar-refractivity contribution < 1.29 is 34.1 Å². The van der Waals surface area contributed by atoms with Crippen molar-refractivity contribution in [1.29, 1.82) is 0 Å². The molecule has 1 atom stereocenters. The average molecular weight is 249 g/mol. The summed E-state index contributed by atoms with van der Waals surface area (Å²) < 4.78 is 7.87. The minimum Gasteiger partial charge on any atom is -0.0464 e. The van der Waals surface area contributed by atoms with Gasteiger partial charge in [0.2, 0.25) is 0 Å². The first-order chi connectivity index (χ1) is 5.21. The molecular formula is C9H20PY+. The zero-order chi connectivity index (χ0) is 8.32. The van der Waals surface area contributed by atoms with Crippen molar-refractivity contribution in [2.24, 2.45) is 0 Å². The van der Waals surface area contributed by atoms with Gasteiger partial charge in [0.15, 0.2) is 0 Å². The molecule has 0 aromatic carbocycles. The van der Waals surface area contributed by atoms with E-state index < -0.39 is 7.26 Å². The summed E-state index contributed by atoms with van der Waals surface area (Å²) in [5, 5.41) is 0. The van der Waals surface area contributed by atoms with Crippen molar-refractivity contribution >= 4 is 7.26 Å². The molecule has 0 saturated carbocycles. The van der Waals surface area contributed by atoms with Crippen LogP contribution in [0.2, 0.25) is 0 Å². The van der Waals surface area contributed by atoms with E-state index in [0.717, 1.165) is 0 Å². The first-order valence-corrected chi connectivity index (χ1v) is 6.91. The number of rotatable bonds is 2. The smallest absolute Gasteiger partial charge is 0.0464 e. The molecule has 0 aliphatic carbocycles. The molecule has 0 bridgehead atoms. The van der Waals surface area contributed by atoms with E-state index in [2.05, 4.69) is 13.8 Å². The van der Waals surface area contributed by atoms with Gasteiger partial charge in [0.25, 0.3) is 0 Å². The molecule has 2 heteroatoms. The van der Waals surface area contributed by atoms with Gasteiger partial charge in [-0.2, -0.15) is 0 Å². The molecule has 0 aromatic rings. The normalized spacial score (nSPS) is 26.5. The Balaban J connectivity index is 0.00000121. The Kier molecular flexibility index (Phi) is 5.85. The Labute approximate surface area is 98.5 Å². The van der Waals surface area contributed by atoms with Crippen LogP contribution < -0.4 is 0 Å². The quantitative estimate of drug-likeness (QED) is 0.659. The number of hydrogen-bond acceptors (Lipinski definition) is 0. The van der Waals surface area contributed by atoms with Crippen LogP contribution in [0, 0.1) is 0 Å². The largest absolute Gasteiger partial charge is 0.0705 e. The first kappa shape index (κ1) is 10.6. The van der Waals surface area contributed by atoms with Gasteiger partial charge in [-0.25, -0.2) is 0 Å². The third kappa shape index (κ3) is 3.41. The molecule has 1 aliphatic rings. The Morgan fingerprint density at radius 3 is 2.00 bits per heavy atom. The molecule has 1 heterocycles. The fraction of sp³-hybridized carbons (Fsp3) is 1.00. The fourth-order valence-corrected chi connectivity index (χ4v) is 5.34. The van der Waals surface area contributed by atoms with E-state index in [1.165, 1.54) is 37.7 Å². The summed E-state index contributed by atoms with van der Waals surface area (Å²) in [6.07, 6.45) is 8.64. The SMILES string of the molecule is [2H]C(C)[P+]1(CC)CCCCC1.[Y]. The molecule has 11 heavy (non-hydrogen) atoms. The van der Waals surface area contributed by atoms with Crippen LogP contribution in [0.1, 0.15) is 34.5 Å². The third-order valence-corrected chi connectivity index (χ3v) is 7.65. The van der Waals surface area contributed by atoms with Gasteiger partial charge in [-0.1, -0.05) is 0 Å². The standard InChI is InChI=1S/C9H20P.Y/c1-3-10(4-2)8-6-5-7-9-10;/h3-9H2,1-2H3;/q+1;/i3D;. The van der Waals surface area contributed by atoms with Gasteiger partial charge >= 0.3 is 0 Å². The molecule has 0 aromatic heterocycles. The van der Waals surface area contributed by atoms with Gasteiger partial charge in [0, 0.05) is 40.0 Å². The Morgan fingerprint density at radius 2 is 1.73 bits per heavy atom. The van der Waals surface area contributed by atoms with E-state index in [9.17, 15) is 0 Å². The maximum Gasteiger partial charge on any atom is 0.0705 e. The van der Waals surface area contributed by atoms with Crippen molar-refractivity contribution in [3.05, 3.63) is 0 Å². The average Bonchev–Trinajstić information content (AvgIpc) is 2.05. The summed E-state index contributed by atoms with van der Waals surface area (Å²) >= 11 is 0. The summed E-state index contributed by atoms with van der Waals surface area (Å²) in [6, 6.07) is 0. The van der Waals surface area contributed by atoms with Gasteiger partial charge in [-0.05, 0) is 33.1 Å². The molecule has 0 spiro atoms. The molecule has 1 saturated heterocycles. The second-order valence-corrected chi connectivity index (χ2v) is 7.78. The second-order valence-electron chi connectivity index (χ2n) is 3.30. The summed E-state index contributed by atoms with van der Waals surface area (Å²) in [5.41, 5.74) is 0. The minimum absolute atomic E-state index is 0. The summed E-state index contributed by atoms with van der Waals surface area (Å²) in [7, 11) is -0.776. The van der Waals surface area contributed by atoms with Crippen molar-refractivity contribution in [2.75, 3.05) is 24.6 Å². The van der Waals surface area contributed by atoms with E-state index in [1.54, 1.807) is 0 Å². The van der Waals surface area contributed by atoms with E-state index >= 15 is 0 Å².